The molecule has 1 heterocycles. The summed E-state index contributed by atoms with van der Waals surface area (Å²) in [6.45, 7) is 3.48. The second-order valence-electron chi connectivity index (χ2n) is 5.43. The SMILES string of the molecule is CCOC(=O)c1csc(CN(CCCOC)C(=O)c2cccc(Br)c2)n1. The fourth-order valence-corrected chi connectivity index (χ4v) is 3.48. The van der Waals surface area contributed by atoms with Gasteiger partial charge in [0.25, 0.3) is 5.91 Å². The Kier molecular flexibility index (Phi) is 8.21. The van der Waals surface area contributed by atoms with Crippen LogP contribution in [0.3, 0.4) is 0 Å². The van der Waals surface area contributed by atoms with Gasteiger partial charge >= 0.3 is 5.97 Å². The van der Waals surface area contributed by atoms with Crippen molar-refractivity contribution in [1.29, 1.82) is 0 Å². The van der Waals surface area contributed by atoms with Crippen molar-refractivity contribution in [2.24, 2.45) is 0 Å². The predicted molar refractivity (Wildman–Crippen MR) is 103 cm³/mol. The number of nitrogens with zero attached hydrogens (tertiary/aromatic N) is 2. The Hall–Kier alpha value is -1.77. The molecule has 140 valence electrons. The fourth-order valence-electron chi connectivity index (χ4n) is 2.30. The van der Waals surface area contributed by atoms with Crippen LogP contribution in [0, 0.1) is 0 Å². The van der Waals surface area contributed by atoms with Crippen LogP contribution in [0.5, 0.6) is 0 Å². The first-order chi connectivity index (χ1) is 12.5. The summed E-state index contributed by atoms with van der Waals surface area (Å²) in [5.41, 5.74) is 0.873. The molecule has 0 spiro atoms. The Morgan fingerprint density at radius 3 is 2.85 bits per heavy atom. The number of methoxy groups -OCH3 is 1. The van der Waals surface area contributed by atoms with E-state index in [9.17, 15) is 9.59 Å². The van der Waals surface area contributed by atoms with Crippen LogP contribution in [0.25, 0.3) is 0 Å². The number of amides is 1. The third kappa shape index (κ3) is 5.89. The molecule has 0 aliphatic rings. The summed E-state index contributed by atoms with van der Waals surface area (Å²) in [5, 5.41) is 2.35. The summed E-state index contributed by atoms with van der Waals surface area (Å²) in [4.78, 5) is 30.7. The molecule has 0 saturated carbocycles. The Morgan fingerprint density at radius 1 is 1.35 bits per heavy atom. The molecule has 1 aromatic heterocycles. The lowest BCUT2D eigenvalue weighted by atomic mass is 10.2. The van der Waals surface area contributed by atoms with Gasteiger partial charge < -0.3 is 14.4 Å². The standard InChI is InChI=1S/C18H21BrN2O4S/c1-3-25-18(23)15-12-26-16(20-15)11-21(8-5-9-24-2)17(22)13-6-4-7-14(19)10-13/h4,6-7,10,12H,3,5,8-9,11H2,1-2H3. The van der Waals surface area contributed by atoms with Crippen LogP contribution in [0.4, 0.5) is 0 Å². The number of halogens is 1. The van der Waals surface area contributed by atoms with Crippen LogP contribution in [-0.2, 0) is 16.0 Å². The highest BCUT2D eigenvalue weighted by Gasteiger charge is 2.19. The molecule has 0 aliphatic carbocycles. The molecule has 0 N–H and O–H groups in total. The first kappa shape index (κ1) is 20.5. The summed E-state index contributed by atoms with van der Waals surface area (Å²) >= 11 is 4.73. The average Bonchev–Trinajstić information content (AvgIpc) is 3.09. The van der Waals surface area contributed by atoms with Crippen LogP contribution < -0.4 is 0 Å². The fraction of sp³-hybridized carbons (Fsp3) is 0.389. The lowest BCUT2D eigenvalue weighted by Gasteiger charge is -2.21. The number of hydrogen-bond donors (Lipinski definition) is 0. The maximum absolute atomic E-state index is 12.9. The number of thiazole rings is 1. The molecule has 6 nitrogen and oxygen atoms in total. The Bertz CT molecular complexity index is 750. The van der Waals surface area contributed by atoms with E-state index < -0.39 is 5.97 Å². The lowest BCUT2D eigenvalue weighted by Crippen LogP contribution is -2.32. The van der Waals surface area contributed by atoms with Crippen LogP contribution in [0.2, 0.25) is 0 Å². The number of rotatable bonds is 9. The Balaban J connectivity index is 2.14. The van der Waals surface area contributed by atoms with Crippen molar-refractivity contribution >= 4 is 39.1 Å². The van der Waals surface area contributed by atoms with Crippen LogP contribution in [0.15, 0.2) is 34.1 Å². The van der Waals surface area contributed by atoms with Crippen LogP contribution in [-0.4, -0.2) is 48.6 Å². The quantitative estimate of drug-likeness (QED) is 0.438. The molecular weight excluding hydrogens is 420 g/mol. The van der Waals surface area contributed by atoms with E-state index in [0.717, 1.165) is 4.47 Å². The number of benzene rings is 1. The van der Waals surface area contributed by atoms with E-state index in [4.69, 9.17) is 9.47 Å². The normalized spacial score (nSPS) is 10.6. The highest BCUT2D eigenvalue weighted by molar-refractivity contribution is 9.10. The summed E-state index contributed by atoms with van der Waals surface area (Å²) in [6, 6.07) is 7.27. The van der Waals surface area contributed by atoms with E-state index in [2.05, 4.69) is 20.9 Å². The number of aromatic nitrogens is 1. The Labute approximate surface area is 165 Å². The molecule has 0 saturated heterocycles. The molecule has 0 bridgehead atoms. The summed E-state index contributed by atoms with van der Waals surface area (Å²) < 4.78 is 10.9. The zero-order valence-corrected chi connectivity index (χ0v) is 17.1. The van der Waals surface area contributed by atoms with Gasteiger partial charge in [-0.2, -0.15) is 0 Å². The van der Waals surface area contributed by atoms with Gasteiger partial charge in [-0.1, -0.05) is 22.0 Å². The zero-order chi connectivity index (χ0) is 18.9. The smallest absolute Gasteiger partial charge is 0.357 e. The van der Waals surface area contributed by atoms with Gasteiger partial charge in [-0.25, -0.2) is 9.78 Å². The van der Waals surface area contributed by atoms with Crippen molar-refractivity contribution < 1.29 is 19.1 Å². The van der Waals surface area contributed by atoms with Crippen molar-refractivity contribution in [2.75, 3.05) is 26.9 Å². The molecule has 0 radical (unpaired) electrons. The van der Waals surface area contributed by atoms with Gasteiger partial charge in [0, 0.05) is 35.7 Å². The second-order valence-corrected chi connectivity index (χ2v) is 7.29. The van der Waals surface area contributed by atoms with Gasteiger partial charge in [-0.3, -0.25) is 4.79 Å². The third-order valence-electron chi connectivity index (χ3n) is 3.50. The van der Waals surface area contributed by atoms with Crippen molar-refractivity contribution in [3.05, 3.63) is 50.4 Å². The number of carbonyl (C=O) groups excluding carboxylic acids is 2. The molecule has 1 amide bonds. The van der Waals surface area contributed by atoms with E-state index >= 15 is 0 Å². The first-order valence-corrected chi connectivity index (χ1v) is 9.87. The van der Waals surface area contributed by atoms with Gasteiger partial charge in [-0.15, -0.1) is 11.3 Å². The summed E-state index contributed by atoms with van der Waals surface area (Å²) in [6.07, 6.45) is 0.715. The zero-order valence-electron chi connectivity index (χ0n) is 14.7. The molecule has 8 heteroatoms. The largest absolute Gasteiger partial charge is 0.461 e. The minimum Gasteiger partial charge on any atom is -0.461 e. The van der Waals surface area contributed by atoms with Crippen molar-refractivity contribution in [3.63, 3.8) is 0 Å². The Morgan fingerprint density at radius 2 is 2.15 bits per heavy atom. The molecule has 0 atom stereocenters. The van der Waals surface area contributed by atoms with Crippen LogP contribution in [0.1, 0.15) is 39.2 Å². The van der Waals surface area contributed by atoms with Crippen LogP contribution >= 0.6 is 27.3 Å². The lowest BCUT2D eigenvalue weighted by molar-refractivity contribution is 0.0520. The number of esters is 1. The molecule has 2 rings (SSSR count). The molecule has 0 fully saturated rings. The third-order valence-corrected chi connectivity index (χ3v) is 4.82. The highest BCUT2D eigenvalue weighted by atomic mass is 79.9. The van der Waals surface area contributed by atoms with Gasteiger partial charge in [0.15, 0.2) is 5.69 Å². The van der Waals surface area contributed by atoms with E-state index in [-0.39, 0.29) is 11.6 Å². The van der Waals surface area contributed by atoms with Gasteiger partial charge in [0.1, 0.15) is 5.01 Å². The molecule has 0 aliphatic heterocycles. The van der Waals surface area contributed by atoms with E-state index in [1.54, 1.807) is 36.4 Å². The van der Waals surface area contributed by atoms with Crippen molar-refractivity contribution in [3.8, 4) is 0 Å². The topological polar surface area (TPSA) is 68.7 Å². The molecule has 26 heavy (non-hydrogen) atoms. The van der Waals surface area contributed by atoms with Crippen molar-refractivity contribution in [1.82, 2.24) is 9.88 Å². The maximum Gasteiger partial charge on any atom is 0.357 e. The average molecular weight is 441 g/mol. The van der Waals surface area contributed by atoms with Crippen molar-refractivity contribution in [2.45, 2.75) is 19.9 Å². The first-order valence-electron chi connectivity index (χ1n) is 8.20. The molecular formula is C18H21BrN2O4S. The molecule has 1 aromatic carbocycles. The van der Waals surface area contributed by atoms with Gasteiger partial charge in [0.2, 0.25) is 0 Å². The van der Waals surface area contributed by atoms with E-state index in [1.807, 2.05) is 12.1 Å². The monoisotopic (exact) mass is 440 g/mol. The number of hydrogen-bond acceptors (Lipinski definition) is 6. The number of ether oxygens (including phenoxy) is 2. The maximum atomic E-state index is 12.9. The minimum absolute atomic E-state index is 0.0877. The van der Waals surface area contributed by atoms with E-state index in [1.165, 1.54) is 11.3 Å². The summed E-state index contributed by atoms with van der Waals surface area (Å²) in [5.74, 6) is -0.533. The summed E-state index contributed by atoms with van der Waals surface area (Å²) in [7, 11) is 1.63. The van der Waals surface area contributed by atoms with Gasteiger partial charge in [0.05, 0.1) is 13.2 Å². The molecule has 0 unspecified atom stereocenters. The van der Waals surface area contributed by atoms with Gasteiger partial charge in [-0.05, 0) is 31.5 Å². The highest BCUT2D eigenvalue weighted by Crippen LogP contribution is 2.18. The number of carbonyl (C=O) groups is 2. The minimum atomic E-state index is -0.445. The molecule has 2 aromatic rings. The predicted octanol–water partition coefficient (Wildman–Crippen LogP) is 3.76. The second kappa shape index (κ2) is 10.4. The van der Waals surface area contributed by atoms with E-state index in [0.29, 0.717) is 43.3 Å².